The fraction of sp³-hybridized carbons (Fsp3) is 0.727. The van der Waals surface area contributed by atoms with Crippen LogP contribution in [0.1, 0.15) is 50.9 Å². The minimum atomic E-state index is 0.372. The van der Waals surface area contributed by atoms with E-state index in [4.69, 9.17) is 11.6 Å². The normalized spacial score (nSPS) is 22.3. The maximum atomic E-state index is 6.20. The number of nitrogens with one attached hydrogen (secondary N) is 1. The number of rotatable bonds is 2. The van der Waals surface area contributed by atoms with Gasteiger partial charge in [0.05, 0.1) is 23.0 Å². The van der Waals surface area contributed by atoms with Crippen molar-refractivity contribution in [2.24, 2.45) is 0 Å². The van der Waals surface area contributed by atoms with Gasteiger partial charge in [-0.05, 0) is 33.2 Å². The number of halogens is 1. The summed E-state index contributed by atoms with van der Waals surface area (Å²) in [6.45, 7) is 5.36. The molecule has 0 saturated carbocycles. The highest BCUT2D eigenvalue weighted by molar-refractivity contribution is 6.31. The van der Waals surface area contributed by atoms with Crippen LogP contribution in [0.15, 0.2) is 6.20 Å². The lowest BCUT2D eigenvalue weighted by molar-refractivity contribution is 0.375. The van der Waals surface area contributed by atoms with E-state index in [0.717, 1.165) is 23.7 Å². The van der Waals surface area contributed by atoms with Crippen LogP contribution in [0.4, 0.5) is 0 Å². The topological polar surface area (TPSA) is 29.9 Å². The molecule has 1 atom stereocenters. The SMILES string of the molecule is CC(C)n1ncc(Cl)c1C1CCCCN1. The molecule has 15 heavy (non-hydrogen) atoms. The third-order valence-corrected chi connectivity index (χ3v) is 3.21. The fourth-order valence-corrected chi connectivity index (χ4v) is 2.44. The van der Waals surface area contributed by atoms with Gasteiger partial charge in [0.2, 0.25) is 0 Å². The van der Waals surface area contributed by atoms with E-state index in [-0.39, 0.29) is 0 Å². The first kappa shape index (κ1) is 11.0. The third-order valence-electron chi connectivity index (χ3n) is 2.92. The van der Waals surface area contributed by atoms with E-state index < -0.39 is 0 Å². The Labute approximate surface area is 95.8 Å². The van der Waals surface area contributed by atoms with Crippen LogP contribution in [0, 0.1) is 0 Å². The summed E-state index contributed by atoms with van der Waals surface area (Å²) < 4.78 is 2.03. The summed E-state index contributed by atoms with van der Waals surface area (Å²) in [7, 11) is 0. The highest BCUT2D eigenvalue weighted by Gasteiger charge is 2.22. The molecule has 0 amide bonds. The lowest BCUT2D eigenvalue weighted by Crippen LogP contribution is -2.29. The van der Waals surface area contributed by atoms with Crippen molar-refractivity contribution in [2.45, 2.75) is 45.2 Å². The van der Waals surface area contributed by atoms with Gasteiger partial charge >= 0.3 is 0 Å². The number of aromatic nitrogens is 2. The van der Waals surface area contributed by atoms with Gasteiger partial charge in [-0.3, -0.25) is 4.68 Å². The van der Waals surface area contributed by atoms with E-state index in [2.05, 4.69) is 24.3 Å². The standard InChI is InChI=1S/C11H18ClN3/c1-8(2)15-11(9(12)7-14-15)10-5-3-4-6-13-10/h7-8,10,13H,3-6H2,1-2H3. The zero-order chi connectivity index (χ0) is 10.8. The summed E-state index contributed by atoms with van der Waals surface area (Å²) in [4.78, 5) is 0. The van der Waals surface area contributed by atoms with Crippen LogP contribution in [-0.4, -0.2) is 16.3 Å². The molecule has 1 unspecified atom stereocenters. The molecule has 1 aromatic rings. The van der Waals surface area contributed by atoms with Crippen LogP contribution in [0.3, 0.4) is 0 Å². The Morgan fingerprint density at radius 2 is 2.33 bits per heavy atom. The first-order valence-corrected chi connectivity index (χ1v) is 6.04. The van der Waals surface area contributed by atoms with Gasteiger partial charge in [-0.25, -0.2) is 0 Å². The molecule has 0 radical (unpaired) electrons. The van der Waals surface area contributed by atoms with E-state index in [1.54, 1.807) is 6.20 Å². The molecule has 2 rings (SSSR count). The second-order valence-corrected chi connectivity index (χ2v) is 4.83. The van der Waals surface area contributed by atoms with Gasteiger partial charge in [-0.15, -0.1) is 0 Å². The lowest BCUT2D eigenvalue weighted by atomic mass is 10.0. The minimum absolute atomic E-state index is 0.372. The molecule has 84 valence electrons. The van der Waals surface area contributed by atoms with Gasteiger partial charge in [-0.2, -0.15) is 5.10 Å². The van der Waals surface area contributed by atoms with Crippen molar-refractivity contribution < 1.29 is 0 Å². The molecule has 1 saturated heterocycles. The number of piperidine rings is 1. The molecule has 4 heteroatoms. The molecular formula is C11H18ClN3. The monoisotopic (exact) mass is 227 g/mol. The molecule has 0 spiro atoms. The quantitative estimate of drug-likeness (QED) is 0.842. The molecule has 0 aliphatic carbocycles. The van der Waals surface area contributed by atoms with Crippen LogP contribution < -0.4 is 5.32 Å². The zero-order valence-corrected chi connectivity index (χ0v) is 10.1. The first-order valence-electron chi connectivity index (χ1n) is 5.66. The summed E-state index contributed by atoms with van der Waals surface area (Å²) in [6, 6.07) is 0.757. The largest absolute Gasteiger partial charge is 0.309 e. The van der Waals surface area contributed by atoms with Crippen LogP contribution in [-0.2, 0) is 0 Å². The van der Waals surface area contributed by atoms with E-state index in [9.17, 15) is 0 Å². The Bertz CT molecular complexity index is 327. The Morgan fingerprint density at radius 3 is 2.93 bits per heavy atom. The molecule has 1 aliphatic heterocycles. The Balaban J connectivity index is 2.28. The predicted molar refractivity (Wildman–Crippen MR) is 62.2 cm³/mol. The summed E-state index contributed by atoms with van der Waals surface area (Å²) in [6.07, 6.45) is 5.46. The smallest absolute Gasteiger partial charge is 0.0834 e. The van der Waals surface area contributed by atoms with Crippen LogP contribution >= 0.6 is 11.6 Å². The van der Waals surface area contributed by atoms with Gasteiger partial charge in [0, 0.05) is 6.04 Å². The molecule has 0 aromatic carbocycles. The lowest BCUT2D eigenvalue weighted by Gasteiger charge is -2.25. The third kappa shape index (κ3) is 2.18. The molecular weight excluding hydrogens is 210 g/mol. The zero-order valence-electron chi connectivity index (χ0n) is 9.33. The van der Waals surface area contributed by atoms with Crippen molar-refractivity contribution in [1.29, 1.82) is 0 Å². The van der Waals surface area contributed by atoms with Crippen molar-refractivity contribution in [3.05, 3.63) is 16.9 Å². The second-order valence-electron chi connectivity index (χ2n) is 4.42. The molecule has 2 heterocycles. The summed E-state index contributed by atoms with van der Waals surface area (Å²) in [5, 5.41) is 8.64. The van der Waals surface area contributed by atoms with Gasteiger partial charge < -0.3 is 5.32 Å². The number of hydrogen-bond acceptors (Lipinski definition) is 2. The van der Waals surface area contributed by atoms with Crippen LogP contribution in [0.25, 0.3) is 0 Å². The number of nitrogens with zero attached hydrogens (tertiary/aromatic N) is 2. The van der Waals surface area contributed by atoms with E-state index in [1.807, 2.05) is 4.68 Å². The molecule has 1 fully saturated rings. The molecule has 1 N–H and O–H groups in total. The molecule has 1 aromatic heterocycles. The van der Waals surface area contributed by atoms with E-state index in [0.29, 0.717) is 12.1 Å². The van der Waals surface area contributed by atoms with Gasteiger partial charge in [0.1, 0.15) is 0 Å². The first-order chi connectivity index (χ1) is 7.20. The van der Waals surface area contributed by atoms with Crippen LogP contribution in [0.5, 0.6) is 0 Å². The molecule has 3 nitrogen and oxygen atoms in total. The summed E-state index contributed by atoms with van der Waals surface area (Å²) >= 11 is 6.20. The van der Waals surface area contributed by atoms with Crippen molar-refractivity contribution in [3.8, 4) is 0 Å². The Kier molecular flexibility index (Phi) is 3.32. The van der Waals surface area contributed by atoms with Crippen molar-refractivity contribution >= 4 is 11.6 Å². The Hall–Kier alpha value is -0.540. The summed E-state index contributed by atoms with van der Waals surface area (Å²) in [5.41, 5.74) is 1.16. The highest BCUT2D eigenvalue weighted by atomic mass is 35.5. The average Bonchev–Trinajstić information content (AvgIpc) is 2.61. The maximum absolute atomic E-state index is 6.20. The van der Waals surface area contributed by atoms with Gasteiger partial charge in [0.25, 0.3) is 0 Å². The van der Waals surface area contributed by atoms with Gasteiger partial charge in [0.15, 0.2) is 0 Å². The fourth-order valence-electron chi connectivity index (χ4n) is 2.17. The van der Waals surface area contributed by atoms with Crippen molar-refractivity contribution in [3.63, 3.8) is 0 Å². The average molecular weight is 228 g/mol. The summed E-state index contributed by atoms with van der Waals surface area (Å²) in [5.74, 6) is 0. The number of hydrogen-bond donors (Lipinski definition) is 1. The van der Waals surface area contributed by atoms with Crippen molar-refractivity contribution in [2.75, 3.05) is 6.54 Å². The maximum Gasteiger partial charge on any atom is 0.0834 e. The van der Waals surface area contributed by atoms with Crippen molar-refractivity contribution in [1.82, 2.24) is 15.1 Å². The van der Waals surface area contributed by atoms with Gasteiger partial charge in [-0.1, -0.05) is 18.0 Å². The minimum Gasteiger partial charge on any atom is -0.309 e. The Morgan fingerprint density at radius 1 is 1.53 bits per heavy atom. The van der Waals surface area contributed by atoms with E-state index in [1.165, 1.54) is 12.8 Å². The second kappa shape index (κ2) is 4.54. The van der Waals surface area contributed by atoms with Crippen LogP contribution in [0.2, 0.25) is 5.02 Å². The molecule has 0 bridgehead atoms. The predicted octanol–water partition coefficient (Wildman–Crippen LogP) is 2.93. The highest BCUT2D eigenvalue weighted by Crippen LogP contribution is 2.30. The van der Waals surface area contributed by atoms with E-state index >= 15 is 0 Å². The molecule has 1 aliphatic rings.